The zero-order valence-corrected chi connectivity index (χ0v) is 17.7. The molecule has 0 saturated heterocycles. The number of anilines is 3. The Morgan fingerprint density at radius 1 is 1.17 bits per heavy atom. The summed E-state index contributed by atoms with van der Waals surface area (Å²) in [5, 5.41) is 6.36. The van der Waals surface area contributed by atoms with Gasteiger partial charge in [0.15, 0.2) is 0 Å². The number of nitrogens with one attached hydrogen (secondary N) is 2. The van der Waals surface area contributed by atoms with E-state index in [0.29, 0.717) is 23.6 Å². The van der Waals surface area contributed by atoms with Crippen molar-refractivity contribution in [3.8, 4) is 0 Å². The van der Waals surface area contributed by atoms with Gasteiger partial charge in [0.1, 0.15) is 23.0 Å². The number of hydrogen-bond acceptors (Lipinski definition) is 7. The summed E-state index contributed by atoms with van der Waals surface area (Å²) in [6, 6.07) is 3.77. The van der Waals surface area contributed by atoms with Crippen LogP contribution in [-0.2, 0) is 4.79 Å². The minimum atomic E-state index is -0.744. The van der Waals surface area contributed by atoms with Gasteiger partial charge in [0.25, 0.3) is 0 Å². The fraction of sp³-hybridized carbons (Fsp3) is 0.450. The first-order valence-electron chi connectivity index (χ1n) is 9.60. The molecule has 0 fully saturated rings. The van der Waals surface area contributed by atoms with E-state index in [1.807, 2.05) is 19.9 Å². The summed E-state index contributed by atoms with van der Waals surface area (Å²) in [5.41, 5.74) is 6.62. The molecule has 0 aliphatic heterocycles. The molecule has 0 bridgehead atoms. The Balaban J connectivity index is 1.83. The number of nitrogens with zero attached hydrogens (tertiary/aromatic N) is 5. The minimum absolute atomic E-state index is 0.243. The lowest BCUT2D eigenvalue weighted by Gasteiger charge is -2.29. The van der Waals surface area contributed by atoms with Crippen LogP contribution >= 0.6 is 0 Å². The zero-order valence-electron chi connectivity index (χ0n) is 17.7. The van der Waals surface area contributed by atoms with Crippen LogP contribution in [-0.4, -0.2) is 36.5 Å². The third-order valence-corrected chi connectivity index (χ3v) is 5.24. The lowest BCUT2D eigenvalue weighted by atomic mass is 9.85. The Morgan fingerprint density at radius 3 is 2.55 bits per heavy atom. The van der Waals surface area contributed by atoms with Crippen molar-refractivity contribution >= 4 is 34.5 Å². The van der Waals surface area contributed by atoms with E-state index in [4.69, 9.17) is 5.73 Å². The van der Waals surface area contributed by atoms with Crippen molar-refractivity contribution in [2.45, 2.75) is 53.6 Å². The number of imidazole rings is 1. The highest BCUT2D eigenvalue weighted by molar-refractivity contribution is 5.81. The molecule has 0 aromatic carbocycles. The minimum Gasteiger partial charge on any atom is -0.369 e. The highest BCUT2D eigenvalue weighted by atomic mass is 16.1. The average Bonchev–Trinajstić information content (AvgIpc) is 2.97. The Bertz CT molecular complexity index is 1040. The number of carbonyl (C=O) groups is 1. The number of carbonyl (C=O) groups excluding carboxylic acids is 1. The van der Waals surface area contributed by atoms with Crippen LogP contribution in [0.5, 0.6) is 0 Å². The van der Waals surface area contributed by atoms with Gasteiger partial charge < -0.3 is 20.9 Å². The van der Waals surface area contributed by atoms with Gasteiger partial charge in [-0.3, -0.25) is 4.79 Å². The van der Waals surface area contributed by atoms with Crippen molar-refractivity contribution in [3.05, 3.63) is 30.4 Å². The van der Waals surface area contributed by atoms with Gasteiger partial charge >= 0.3 is 0 Å². The van der Waals surface area contributed by atoms with Crippen molar-refractivity contribution in [1.82, 2.24) is 24.5 Å². The normalized spacial score (nSPS) is 12.9. The number of amides is 1. The zero-order chi connectivity index (χ0) is 21.3. The van der Waals surface area contributed by atoms with E-state index in [2.05, 4.69) is 49.0 Å². The molecule has 0 spiro atoms. The molecule has 154 valence electrons. The van der Waals surface area contributed by atoms with Crippen LogP contribution in [0.2, 0.25) is 0 Å². The molecule has 1 atom stereocenters. The van der Waals surface area contributed by atoms with Gasteiger partial charge in [0, 0.05) is 24.3 Å². The second-order valence-corrected chi connectivity index (χ2v) is 8.02. The van der Waals surface area contributed by atoms with Crippen LogP contribution in [0.1, 0.15) is 46.5 Å². The second-order valence-electron chi connectivity index (χ2n) is 8.02. The topological polar surface area (TPSA) is 124 Å². The van der Waals surface area contributed by atoms with Gasteiger partial charge in [-0.15, -0.1) is 0 Å². The van der Waals surface area contributed by atoms with Crippen LogP contribution in [0.15, 0.2) is 24.5 Å². The Morgan fingerprint density at radius 2 is 1.90 bits per heavy atom. The van der Waals surface area contributed by atoms with Crippen LogP contribution in [0.3, 0.4) is 0 Å². The Hall–Kier alpha value is -3.23. The average molecular weight is 396 g/mol. The highest BCUT2D eigenvalue weighted by Crippen LogP contribution is 2.25. The maximum absolute atomic E-state index is 11.7. The van der Waals surface area contributed by atoms with E-state index >= 15 is 0 Å². The first-order chi connectivity index (χ1) is 13.6. The maximum atomic E-state index is 11.7. The summed E-state index contributed by atoms with van der Waals surface area (Å²) in [7, 11) is 0. The number of fused-ring (bicyclic) bond motifs is 1. The van der Waals surface area contributed by atoms with E-state index in [9.17, 15) is 4.79 Å². The van der Waals surface area contributed by atoms with E-state index in [-0.39, 0.29) is 11.9 Å². The standard InChI is InChI=1S/C20H28N8O/c1-11(2)28-13(4)25-14-10-23-17(9-15(14)28)26-16-7-8-22-19(27-16)24-12(3)20(5,6)18(21)29/h7-12H,1-6H3,(H2,21,29)(H2,22,23,24,26,27). The summed E-state index contributed by atoms with van der Waals surface area (Å²) in [6.07, 6.45) is 3.39. The molecular formula is C20H28N8O. The third kappa shape index (κ3) is 4.13. The van der Waals surface area contributed by atoms with E-state index in [0.717, 1.165) is 16.9 Å². The Kier molecular flexibility index (Phi) is 5.41. The predicted octanol–water partition coefficient (Wildman–Crippen LogP) is 3.17. The van der Waals surface area contributed by atoms with E-state index < -0.39 is 5.41 Å². The molecule has 9 nitrogen and oxygen atoms in total. The van der Waals surface area contributed by atoms with Crippen LogP contribution < -0.4 is 16.4 Å². The van der Waals surface area contributed by atoms with E-state index in [1.165, 1.54) is 0 Å². The van der Waals surface area contributed by atoms with Gasteiger partial charge in [-0.1, -0.05) is 0 Å². The SMILES string of the molecule is Cc1nc2cnc(Nc3ccnc(NC(C)C(C)(C)C(N)=O)n3)cc2n1C(C)C. The quantitative estimate of drug-likeness (QED) is 0.560. The monoisotopic (exact) mass is 396 g/mol. The molecule has 3 heterocycles. The second kappa shape index (κ2) is 7.65. The van der Waals surface area contributed by atoms with Gasteiger partial charge in [-0.05, 0) is 47.6 Å². The molecular weight excluding hydrogens is 368 g/mol. The van der Waals surface area contributed by atoms with Gasteiger partial charge in [-0.25, -0.2) is 15.0 Å². The predicted molar refractivity (Wildman–Crippen MR) is 114 cm³/mol. The van der Waals surface area contributed by atoms with Crippen LogP contribution in [0.25, 0.3) is 11.0 Å². The number of hydrogen-bond donors (Lipinski definition) is 3. The number of aromatic nitrogens is 5. The molecule has 1 amide bonds. The number of primary amides is 1. The molecule has 0 saturated carbocycles. The van der Waals surface area contributed by atoms with Gasteiger partial charge in [0.05, 0.1) is 17.1 Å². The van der Waals surface area contributed by atoms with Crippen LogP contribution in [0, 0.1) is 12.3 Å². The molecule has 0 radical (unpaired) electrons. The van der Waals surface area contributed by atoms with Crippen molar-refractivity contribution in [2.75, 3.05) is 10.6 Å². The fourth-order valence-corrected chi connectivity index (χ4v) is 3.06. The van der Waals surface area contributed by atoms with Gasteiger partial charge in [-0.2, -0.15) is 4.98 Å². The van der Waals surface area contributed by atoms with Gasteiger partial charge in [0.2, 0.25) is 11.9 Å². The Labute approximate surface area is 170 Å². The maximum Gasteiger partial charge on any atom is 0.225 e. The summed E-state index contributed by atoms with van der Waals surface area (Å²) in [4.78, 5) is 29.4. The summed E-state index contributed by atoms with van der Waals surface area (Å²) in [5.74, 6) is 2.22. The van der Waals surface area contributed by atoms with E-state index in [1.54, 1.807) is 32.3 Å². The van der Waals surface area contributed by atoms with Crippen LogP contribution in [0.4, 0.5) is 17.6 Å². The molecule has 29 heavy (non-hydrogen) atoms. The molecule has 4 N–H and O–H groups in total. The van der Waals surface area contributed by atoms with Crippen molar-refractivity contribution in [3.63, 3.8) is 0 Å². The molecule has 9 heteroatoms. The summed E-state index contributed by atoms with van der Waals surface area (Å²) < 4.78 is 2.17. The first-order valence-corrected chi connectivity index (χ1v) is 9.60. The smallest absolute Gasteiger partial charge is 0.225 e. The number of pyridine rings is 1. The van der Waals surface area contributed by atoms with Crippen molar-refractivity contribution < 1.29 is 4.79 Å². The fourth-order valence-electron chi connectivity index (χ4n) is 3.06. The number of nitrogens with two attached hydrogens (primary N) is 1. The third-order valence-electron chi connectivity index (χ3n) is 5.24. The molecule has 3 rings (SSSR count). The molecule has 0 aliphatic rings. The molecule has 0 aliphatic carbocycles. The van der Waals surface area contributed by atoms with Crippen molar-refractivity contribution in [1.29, 1.82) is 0 Å². The lowest BCUT2D eigenvalue weighted by molar-refractivity contribution is -0.126. The summed E-state index contributed by atoms with van der Waals surface area (Å²) in [6.45, 7) is 11.7. The number of aryl methyl sites for hydroxylation is 1. The van der Waals surface area contributed by atoms with Crippen molar-refractivity contribution in [2.24, 2.45) is 11.1 Å². The number of rotatable bonds is 7. The largest absolute Gasteiger partial charge is 0.369 e. The lowest BCUT2D eigenvalue weighted by Crippen LogP contribution is -2.44. The molecule has 3 aromatic heterocycles. The first kappa shape index (κ1) is 20.5. The molecule has 1 unspecified atom stereocenters. The summed E-state index contributed by atoms with van der Waals surface area (Å²) >= 11 is 0. The molecule has 3 aromatic rings. The highest BCUT2D eigenvalue weighted by Gasteiger charge is 2.32.